The molecular formula is C10H18O4. The fourth-order valence-electron chi connectivity index (χ4n) is 1.25. The van der Waals surface area contributed by atoms with Gasteiger partial charge >= 0.3 is 5.97 Å². The van der Waals surface area contributed by atoms with Crippen LogP contribution in [0.15, 0.2) is 0 Å². The van der Waals surface area contributed by atoms with Crippen molar-refractivity contribution < 1.29 is 19.0 Å². The highest BCUT2D eigenvalue weighted by molar-refractivity contribution is 5.69. The zero-order valence-corrected chi connectivity index (χ0v) is 8.50. The molecule has 0 bridgehead atoms. The molecule has 2 aliphatic rings. The Balaban J connectivity index is 0.000000146. The molecule has 4 heteroatoms. The van der Waals surface area contributed by atoms with Crippen molar-refractivity contribution in [2.24, 2.45) is 0 Å². The molecule has 2 aliphatic heterocycles. The average Bonchev–Trinajstić information content (AvgIpc) is 2.49. The molecule has 82 valence electrons. The van der Waals surface area contributed by atoms with Gasteiger partial charge < -0.3 is 14.2 Å². The molecule has 0 aromatic rings. The smallest absolute Gasteiger partial charge is 0.305 e. The number of hydrogen-bond donors (Lipinski definition) is 0. The maximum absolute atomic E-state index is 10.5. The lowest BCUT2D eigenvalue weighted by Crippen LogP contribution is -2.16. The van der Waals surface area contributed by atoms with Gasteiger partial charge in [-0.2, -0.15) is 0 Å². The molecule has 0 spiro atoms. The van der Waals surface area contributed by atoms with Gasteiger partial charge in [0.15, 0.2) is 0 Å². The molecular weight excluding hydrogens is 184 g/mol. The van der Waals surface area contributed by atoms with E-state index in [1.165, 1.54) is 0 Å². The highest BCUT2D eigenvalue weighted by Crippen LogP contribution is 2.06. The lowest BCUT2D eigenvalue weighted by atomic mass is 10.2. The molecule has 0 aromatic carbocycles. The zero-order valence-electron chi connectivity index (χ0n) is 8.50. The molecule has 2 saturated heterocycles. The number of ether oxygens (including phenoxy) is 3. The number of hydrogen-bond acceptors (Lipinski definition) is 4. The largest absolute Gasteiger partial charge is 0.466 e. The third kappa shape index (κ3) is 5.94. The molecule has 0 aromatic heterocycles. The van der Waals surface area contributed by atoms with Crippen LogP contribution in [0.25, 0.3) is 0 Å². The van der Waals surface area contributed by atoms with Crippen LogP contribution in [0.3, 0.4) is 0 Å². The van der Waals surface area contributed by atoms with E-state index in [0.717, 1.165) is 45.7 Å². The van der Waals surface area contributed by atoms with Crippen molar-refractivity contribution in [1.29, 1.82) is 0 Å². The van der Waals surface area contributed by atoms with Crippen LogP contribution in [0.4, 0.5) is 0 Å². The third-order valence-corrected chi connectivity index (χ3v) is 2.03. The molecule has 0 saturated carbocycles. The van der Waals surface area contributed by atoms with E-state index in [4.69, 9.17) is 14.2 Å². The Labute approximate surface area is 84.5 Å². The van der Waals surface area contributed by atoms with Gasteiger partial charge in [0.05, 0.1) is 33.0 Å². The molecule has 2 heterocycles. The lowest BCUT2D eigenvalue weighted by molar-refractivity contribution is -0.142. The summed E-state index contributed by atoms with van der Waals surface area (Å²) in [7, 11) is 0. The molecule has 14 heavy (non-hydrogen) atoms. The van der Waals surface area contributed by atoms with E-state index < -0.39 is 0 Å². The summed E-state index contributed by atoms with van der Waals surface area (Å²) in [4.78, 5) is 10.5. The molecule has 4 nitrogen and oxygen atoms in total. The SMILES string of the molecule is C1COCCO1.O=C1CCCCCO1. The van der Waals surface area contributed by atoms with E-state index in [0.29, 0.717) is 13.0 Å². The van der Waals surface area contributed by atoms with Crippen LogP contribution in [-0.2, 0) is 19.0 Å². The van der Waals surface area contributed by atoms with Crippen LogP contribution in [0.5, 0.6) is 0 Å². The number of esters is 1. The topological polar surface area (TPSA) is 44.8 Å². The minimum absolute atomic E-state index is 0.0255. The zero-order chi connectivity index (χ0) is 10.1. The van der Waals surface area contributed by atoms with Gasteiger partial charge in [-0.15, -0.1) is 0 Å². The summed E-state index contributed by atoms with van der Waals surface area (Å²) in [5.41, 5.74) is 0. The van der Waals surface area contributed by atoms with Gasteiger partial charge in [0.1, 0.15) is 0 Å². The van der Waals surface area contributed by atoms with E-state index in [2.05, 4.69) is 0 Å². The van der Waals surface area contributed by atoms with Crippen LogP contribution in [0.1, 0.15) is 25.7 Å². The van der Waals surface area contributed by atoms with Gasteiger partial charge in [-0.1, -0.05) is 0 Å². The van der Waals surface area contributed by atoms with Gasteiger partial charge in [-0.25, -0.2) is 0 Å². The molecule has 2 fully saturated rings. The van der Waals surface area contributed by atoms with E-state index in [9.17, 15) is 4.79 Å². The summed E-state index contributed by atoms with van der Waals surface area (Å²) in [6.07, 6.45) is 3.83. The van der Waals surface area contributed by atoms with E-state index in [1.54, 1.807) is 0 Å². The van der Waals surface area contributed by atoms with E-state index in [1.807, 2.05) is 0 Å². The first-order valence-corrected chi connectivity index (χ1v) is 5.21. The Kier molecular flexibility index (Phi) is 6.36. The maximum Gasteiger partial charge on any atom is 0.305 e. The average molecular weight is 202 g/mol. The number of rotatable bonds is 0. The summed E-state index contributed by atoms with van der Waals surface area (Å²) in [6, 6.07) is 0. The Morgan fingerprint density at radius 1 is 0.786 bits per heavy atom. The normalized spacial score (nSPS) is 22.7. The molecule has 2 rings (SSSR count). The van der Waals surface area contributed by atoms with Gasteiger partial charge in [-0.3, -0.25) is 4.79 Å². The van der Waals surface area contributed by atoms with Crippen LogP contribution in [0.2, 0.25) is 0 Å². The van der Waals surface area contributed by atoms with E-state index in [-0.39, 0.29) is 5.97 Å². The van der Waals surface area contributed by atoms with Crippen LogP contribution in [0, 0.1) is 0 Å². The Morgan fingerprint density at radius 3 is 2.00 bits per heavy atom. The minimum Gasteiger partial charge on any atom is -0.466 e. The quantitative estimate of drug-likeness (QED) is 0.552. The third-order valence-electron chi connectivity index (χ3n) is 2.03. The summed E-state index contributed by atoms with van der Waals surface area (Å²) in [6.45, 7) is 3.75. The first kappa shape index (κ1) is 11.5. The summed E-state index contributed by atoms with van der Waals surface area (Å²) in [5, 5.41) is 0. The predicted molar refractivity (Wildman–Crippen MR) is 51.1 cm³/mol. The van der Waals surface area contributed by atoms with Crippen molar-refractivity contribution in [3.63, 3.8) is 0 Å². The van der Waals surface area contributed by atoms with Crippen molar-refractivity contribution in [2.45, 2.75) is 25.7 Å². The van der Waals surface area contributed by atoms with Gasteiger partial charge in [0.2, 0.25) is 0 Å². The fourth-order valence-corrected chi connectivity index (χ4v) is 1.25. The number of carbonyl (C=O) groups is 1. The molecule has 0 atom stereocenters. The lowest BCUT2D eigenvalue weighted by Gasteiger charge is -2.09. The van der Waals surface area contributed by atoms with Crippen LogP contribution in [-0.4, -0.2) is 39.0 Å². The Morgan fingerprint density at radius 2 is 1.43 bits per heavy atom. The van der Waals surface area contributed by atoms with E-state index >= 15 is 0 Å². The van der Waals surface area contributed by atoms with Crippen molar-refractivity contribution in [3.05, 3.63) is 0 Å². The molecule has 0 radical (unpaired) electrons. The predicted octanol–water partition coefficient (Wildman–Crippen LogP) is 1.14. The van der Waals surface area contributed by atoms with Gasteiger partial charge in [-0.05, 0) is 19.3 Å². The summed E-state index contributed by atoms with van der Waals surface area (Å²) >= 11 is 0. The number of cyclic esters (lactones) is 1. The van der Waals surface area contributed by atoms with Gasteiger partial charge in [0, 0.05) is 6.42 Å². The standard InChI is InChI=1S/C6H10O2.C4H8O2/c7-6-4-2-1-3-5-8-6;1-2-6-4-3-5-1/h1-5H2;1-4H2. The van der Waals surface area contributed by atoms with Crippen LogP contribution < -0.4 is 0 Å². The fraction of sp³-hybridized carbons (Fsp3) is 0.900. The van der Waals surface area contributed by atoms with Crippen LogP contribution >= 0.6 is 0 Å². The van der Waals surface area contributed by atoms with Gasteiger partial charge in [0.25, 0.3) is 0 Å². The highest BCUT2D eigenvalue weighted by atomic mass is 16.6. The minimum atomic E-state index is -0.0255. The first-order valence-electron chi connectivity index (χ1n) is 5.21. The number of carbonyl (C=O) groups excluding carboxylic acids is 1. The molecule has 0 N–H and O–H groups in total. The molecule has 0 aliphatic carbocycles. The molecule has 0 unspecified atom stereocenters. The maximum atomic E-state index is 10.5. The molecule has 0 amide bonds. The monoisotopic (exact) mass is 202 g/mol. The second-order valence-electron chi connectivity index (χ2n) is 3.26. The van der Waals surface area contributed by atoms with Crippen molar-refractivity contribution in [1.82, 2.24) is 0 Å². The Bertz CT molecular complexity index is 133. The summed E-state index contributed by atoms with van der Waals surface area (Å²) in [5.74, 6) is -0.0255. The summed E-state index contributed by atoms with van der Waals surface area (Å²) < 4.78 is 14.7. The van der Waals surface area contributed by atoms with Crippen molar-refractivity contribution >= 4 is 5.97 Å². The van der Waals surface area contributed by atoms with Crippen molar-refractivity contribution in [3.8, 4) is 0 Å². The highest BCUT2D eigenvalue weighted by Gasteiger charge is 2.05. The first-order chi connectivity index (χ1) is 6.89. The second-order valence-corrected chi connectivity index (χ2v) is 3.26. The second kappa shape index (κ2) is 7.76. The Hall–Kier alpha value is -0.610. The van der Waals surface area contributed by atoms with Crippen molar-refractivity contribution in [2.75, 3.05) is 33.0 Å².